The van der Waals surface area contributed by atoms with Crippen molar-refractivity contribution in [1.82, 2.24) is 9.88 Å². The lowest BCUT2D eigenvalue weighted by Crippen LogP contribution is -2.29. The molecule has 1 aromatic heterocycles. The molecule has 0 aliphatic carbocycles. The molecule has 6 heteroatoms. The number of aromatic nitrogens is 1. The van der Waals surface area contributed by atoms with Gasteiger partial charge in [0.25, 0.3) is 0 Å². The number of anilines is 1. The topological polar surface area (TPSA) is 89.4 Å². The maximum absolute atomic E-state index is 11.8. The fraction of sp³-hybridized carbons (Fsp3) is 0.308. The lowest BCUT2D eigenvalue weighted by Gasteiger charge is -2.10. The first-order valence-electron chi connectivity index (χ1n) is 6.04. The lowest BCUT2D eigenvalue weighted by molar-refractivity contribution is -0.140. The molecular formula is C13H13N3O3. The lowest BCUT2D eigenvalue weighted by atomic mass is 10.1. The summed E-state index contributed by atoms with van der Waals surface area (Å²) in [6.07, 6.45) is 0.256. The largest absolute Gasteiger partial charge is 0.439 e. The van der Waals surface area contributed by atoms with Crippen molar-refractivity contribution in [1.29, 1.82) is 0 Å². The van der Waals surface area contributed by atoms with E-state index in [1.807, 2.05) is 0 Å². The number of nitrogen functional groups attached to an aromatic ring is 1. The molecule has 6 nitrogen and oxygen atoms in total. The van der Waals surface area contributed by atoms with E-state index in [0.29, 0.717) is 22.7 Å². The molecule has 98 valence electrons. The highest BCUT2D eigenvalue weighted by Crippen LogP contribution is 2.23. The summed E-state index contributed by atoms with van der Waals surface area (Å²) in [5.41, 5.74) is 7.47. The molecule has 1 atom stereocenters. The SMILES string of the molecule is CC1CC(=O)N(Cc2nc3cc(N)ccc3o2)C1=O. The van der Waals surface area contributed by atoms with E-state index in [2.05, 4.69) is 4.98 Å². The van der Waals surface area contributed by atoms with E-state index in [0.717, 1.165) is 0 Å². The second-order valence-corrected chi connectivity index (χ2v) is 4.76. The number of hydrogen-bond donors (Lipinski definition) is 1. The molecule has 2 N–H and O–H groups in total. The summed E-state index contributed by atoms with van der Waals surface area (Å²) >= 11 is 0. The van der Waals surface area contributed by atoms with Gasteiger partial charge in [0, 0.05) is 18.0 Å². The number of nitrogens with zero attached hydrogens (tertiary/aromatic N) is 2. The molecule has 3 rings (SSSR count). The van der Waals surface area contributed by atoms with Crippen LogP contribution >= 0.6 is 0 Å². The highest BCUT2D eigenvalue weighted by atomic mass is 16.3. The minimum Gasteiger partial charge on any atom is -0.439 e. The number of imide groups is 1. The number of fused-ring (bicyclic) bond motifs is 1. The number of likely N-dealkylation sites (tertiary alicyclic amines) is 1. The molecule has 0 spiro atoms. The van der Waals surface area contributed by atoms with E-state index >= 15 is 0 Å². The van der Waals surface area contributed by atoms with Gasteiger partial charge in [0.15, 0.2) is 5.58 Å². The number of carbonyl (C=O) groups excluding carboxylic acids is 2. The first-order chi connectivity index (χ1) is 9.04. The van der Waals surface area contributed by atoms with Gasteiger partial charge in [-0.25, -0.2) is 4.98 Å². The monoisotopic (exact) mass is 259 g/mol. The fourth-order valence-electron chi connectivity index (χ4n) is 2.21. The van der Waals surface area contributed by atoms with Crippen LogP contribution in [0.2, 0.25) is 0 Å². The zero-order valence-corrected chi connectivity index (χ0v) is 10.4. The Morgan fingerprint density at radius 1 is 1.47 bits per heavy atom. The van der Waals surface area contributed by atoms with Crippen molar-refractivity contribution < 1.29 is 14.0 Å². The predicted octanol–water partition coefficient (Wildman–Crippen LogP) is 1.30. The van der Waals surface area contributed by atoms with E-state index in [1.54, 1.807) is 25.1 Å². The zero-order chi connectivity index (χ0) is 13.6. The summed E-state index contributed by atoms with van der Waals surface area (Å²) in [7, 11) is 0. The number of benzene rings is 1. The van der Waals surface area contributed by atoms with Crippen molar-refractivity contribution in [2.45, 2.75) is 19.9 Å². The highest BCUT2D eigenvalue weighted by molar-refractivity contribution is 6.03. The number of amides is 2. The normalized spacial score (nSPS) is 19.6. The van der Waals surface area contributed by atoms with Gasteiger partial charge in [-0.2, -0.15) is 0 Å². The van der Waals surface area contributed by atoms with E-state index in [4.69, 9.17) is 10.2 Å². The van der Waals surface area contributed by atoms with Crippen LogP contribution < -0.4 is 5.73 Å². The van der Waals surface area contributed by atoms with Crippen LogP contribution in [0.1, 0.15) is 19.2 Å². The van der Waals surface area contributed by atoms with Crippen LogP contribution in [0.4, 0.5) is 5.69 Å². The molecule has 2 heterocycles. The molecule has 1 fully saturated rings. The first-order valence-corrected chi connectivity index (χ1v) is 6.04. The number of rotatable bonds is 2. The fourth-order valence-corrected chi connectivity index (χ4v) is 2.21. The van der Waals surface area contributed by atoms with Gasteiger partial charge in [-0.3, -0.25) is 14.5 Å². The third-order valence-corrected chi connectivity index (χ3v) is 3.22. The maximum Gasteiger partial charge on any atom is 0.233 e. The second-order valence-electron chi connectivity index (χ2n) is 4.76. The highest BCUT2D eigenvalue weighted by Gasteiger charge is 2.36. The van der Waals surface area contributed by atoms with Crippen LogP contribution in [0.3, 0.4) is 0 Å². The van der Waals surface area contributed by atoms with Crippen LogP contribution in [0.15, 0.2) is 22.6 Å². The molecule has 1 aliphatic rings. The van der Waals surface area contributed by atoms with E-state index in [-0.39, 0.29) is 30.7 Å². The average molecular weight is 259 g/mol. The molecule has 19 heavy (non-hydrogen) atoms. The Kier molecular flexibility index (Phi) is 2.51. The molecule has 0 bridgehead atoms. The van der Waals surface area contributed by atoms with Crippen molar-refractivity contribution in [3.8, 4) is 0 Å². The summed E-state index contributed by atoms with van der Waals surface area (Å²) in [6, 6.07) is 5.13. The van der Waals surface area contributed by atoms with Crippen LogP contribution in [0.25, 0.3) is 11.1 Å². The van der Waals surface area contributed by atoms with Crippen molar-refractivity contribution in [2.75, 3.05) is 5.73 Å². The Balaban J connectivity index is 1.89. The minimum absolute atomic E-state index is 0.0800. The molecule has 1 aromatic carbocycles. The van der Waals surface area contributed by atoms with Gasteiger partial charge in [-0.1, -0.05) is 6.92 Å². The Hall–Kier alpha value is -2.37. The Morgan fingerprint density at radius 2 is 2.26 bits per heavy atom. The van der Waals surface area contributed by atoms with Crippen LogP contribution in [-0.4, -0.2) is 21.7 Å². The quantitative estimate of drug-likeness (QED) is 0.648. The summed E-state index contributed by atoms with van der Waals surface area (Å²) in [6.45, 7) is 1.82. The van der Waals surface area contributed by atoms with Crippen LogP contribution in [-0.2, 0) is 16.1 Å². The number of oxazole rings is 1. The Labute approximate surface area is 109 Å². The van der Waals surface area contributed by atoms with Crippen LogP contribution in [0, 0.1) is 5.92 Å². The van der Waals surface area contributed by atoms with E-state index in [9.17, 15) is 9.59 Å². The maximum atomic E-state index is 11.8. The third-order valence-electron chi connectivity index (χ3n) is 3.22. The van der Waals surface area contributed by atoms with Crippen molar-refractivity contribution in [3.05, 3.63) is 24.1 Å². The van der Waals surface area contributed by atoms with Gasteiger partial charge in [-0.05, 0) is 18.2 Å². The van der Waals surface area contributed by atoms with E-state index < -0.39 is 0 Å². The van der Waals surface area contributed by atoms with Crippen LogP contribution in [0.5, 0.6) is 0 Å². The number of carbonyl (C=O) groups is 2. The summed E-state index contributed by atoms with van der Waals surface area (Å²) in [5.74, 6) is -0.269. The van der Waals surface area contributed by atoms with Crippen molar-refractivity contribution in [2.24, 2.45) is 5.92 Å². The van der Waals surface area contributed by atoms with Gasteiger partial charge in [0.1, 0.15) is 12.1 Å². The van der Waals surface area contributed by atoms with Crippen molar-refractivity contribution in [3.63, 3.8) is 0 Å². The molecule has 0 radical (unpaired) electrons. The minimum atomic E-state index is -0.257. The predicted molar refractivity (Wildman–Crippen MR) is 67.8 cm³/mol. The van der Waals surface area contributed by atoms with Gasteiger partial charge in [-0.15, -0.1) is 0 Å². The van der Waals surface area contributed by atoms with E-state index in [1.165, 1.54) is 4.90 Å². The molecule has 1 saturated heterocycles. The Morgan fingerprint density at radius 3 is 2.95 bits per heavy atom. The van der Waals surface area contributed by atoms with Gasteiger partial charge in [0.2, 0.25) is 17.7 Å². The molecular weight excluding hydrogens is 246 g/mol. The summed E-state index contributed by atoms with van der Waals surface area (Å²) in [4.78, 5) is 28.9. The Bertz CT molecular complexity index is 677. The standard InChI is InChI=1S/C13H13N3O3/c1-7-4-12(17)16(13(7)18)6-11-15-9-5-8(14)2-3-10(9)19-11/h2-3,5,7H,4,6,14H2,1H3. The van der Waals surface area contributed by atoms with Gasteiger partial charge >= 0.3 is 0 Å². The molecule has 2 aromatic rings. The smallest absolute Gasteiger partial charge is 0.233 e. The van der Waals surface area contributed by atoms with Gasteiger partial charge < -0.3 is 10.2 Å². The molecule has 0 saturated carbocycles. The molecule has 1 unspecified atom stereocenters. The molecule has 1 aliphatic heterocycles. The number of nitrogens with two attached hydrogens (primary N) is 1. The summed E-state index contributed by atoms with van der Waals surface area (Å²) < 4.78 is 5.50. The molecule has 2 amide bonds. The number of hydrogen-bond acceptors (Lipinski definition) is 5. The van der Waals surface area contributed by atoms with Crippen molar-refractivity contribution >= 4 is 28.6 Å². The summed E-state index contributed by atoms with van der Waals surface area (Å²) in [5, 5.41) is 0. The first kappa shape index (κ1) is 11.7. The van der Waals surface area contributed by atoms with Gasteiger partial charge in [0.05, 0.1) is 0 Å². The third kappa shape index (κ3) is 1.95. The average Bonchev–Trinajstić information content (AvgIpc) is 2.85. The second kappa shape index (κ2) is 4.08. The zero-order valence-electron chi connectivity index (χ0n) is 10.4.